The predicted octanol–water partition coefficient (Wildman–Crippen LogP) is 4.25. The van der Waals surface area contributed by atoms with E-state index in [9.17, 15) is 4.39 Å². The Balaban J connectivity index is 2.27. The molecule has 0 spiro atoms. The number of nitrogen functional groups attached to an aromatic ring is 1. The Morgan fingerprint density at radius 1 is 1.21 bits per heavy atom. The predicted molar refractivity (Wildman–Crippen MR) is 73.5 cm³/mol. The molecule has 0 atom stereocenters. The Morgan fingerprint density at radius 2 is 1.95 bits per heavy atom. The van der Waals surface area contributed by atoms with E-state index in [1.165, 1.54) is 18.2 Å². The van der Waals surface area contributed by atoms with Crippen molar-refractivity contribution in [3.63, 3.8) is 0 Å². The van der Waals surface area contributed by atoms with E-state index in [4.69, 9.17) is 26.8 Å². The first kappa shape index (κ1) is 13.5. The summed E-state index contributed by atoms with van der Waals surface area (Å²) in [5, 5.41) is -0.00275. The fourth-order valence-electron chi connectivity index (χ4n) is 1.56. The van der Waals surface area contributed by atoms with Gasteiger partial charge in [-0.25, -0.2) is 4.39 Å². The maximum atomic E-state index is 13.0. The molecule has 0 aliphatic heterocycles. The molecule has 0 saturated heterocycles. The van der Waals surface area contributed by atoms with Crippen molar-refractivity contribution in [3.05, 3.63) is 47.2 Å². The van der Waals surface area contributed by atoms with Crippen molar-refractivity contribution in [3.8, 4) is 17.2 Å². The molecular weight excluding hydrogens is 269 g/mol. The van der Waals surface area contributed by atoms with Crippen LogP contribution in [0.4, 0.5) is 10.1 Å². The van der Waals surface area contributed by atoms with Gasteiger partial charge in [-0.2, -0.15) is 0 Å². The second kappa shape index (κ2) is 5.80. The van der Waals surface area contributed by atoms with Crippen LogP contribution in [0.25, 0.3) is 0 Å². The molecule has 0 fully saturated rings. The normalized spacial score (nSPS) is 10.3. The van der Waals surface area contributed by atoms with Crippen molar-refractivity contribution in [2.75, 3.05) is 12.3 Å². The fraction of sp³-hybridized carbons (Fsp3) is 0.143. The molecule has 19 heavy (non-hydrogen) atoms. The summed E-state index contributed by atoms with van der Waals surface area (Å²) < 4.78 is 24.0. The summed E-state index contributed by atoms with van der Waals surface area (Å²) in [7, 11) is 0. The molecule has 0 aliphatic rings. The van der Waals surface area contributed by atoms with E-state index in [2.05, 4.69) is 0 Å². The van der Waals surface area contributed by atoms with Crippen molar-refractivity contribution in [1.29, 1.82) is 0 Å². The van der Waals surface area contributed by atoms with Gasteiger partial charge in [0, 0.05) is 6.07 Å². The van der Waals surface area contributed by atoms with Crippen molar-refractivity contribution < 1.29 is 13.9 Å². The minimum atomic E-state index is -0.495. The van der Waals surface area contributed by atoms with Crippen molar-refractivity contribution >= 4 is 17.3 Å². The molecule has 0 bridgehead atoms. The zero-order valence-electron chi connectivity index (χ0n) is 10.3. The summed E-state index contributed by atoms with van der Waals surface area (Å²) in [4.78, 5) is 0. The van der Waals surface area contributed by atoms with Crippen LogP contribution in [0.15, 0.2) is 36.4 Å². The zero-order valence-corrected chi connectivity index (χ0v) is 11.1. The zero-order chi connectivity index (χ0) is 13.8. The van der Waals surface area contributed by atoms with E-state index >= 15 is 0 Å². The van der Waals surface area contributed by atoms with Crippen LogP contribution in [0.1, 0.15) is 6.92 Å². The maximum absolute atomic E-state index is 13.0. The SMILES string of the molecule is CCOc1cccc(Oc2ccc(F)c(Cl)c2)c1N. The van der Waals surface area contributed by atoms with Crippen LogP contribution >= 0.6 is 11.6 Å². The average molecular weight is 282 g/mol. The van der Waals surface area contributed by atoms with Crippen molar-refractivity contribution in [2.45, 2.75) is 6.92 Å². The minimum absolute atomic E-state index is 0.00275. The second-order valence-corrected chi connectivity index (χ2v) is 4.19. The quantitative estimate of drug-likeness (QED) is 0.852. The molecule has 2 aromatic rings. The Hall–Kier alpha value is -1.94. The molecule has 0 radical (unpaired) electrons. The molecular formula is C14H13ClFNO2. The van der Waals surface area contributed by atoms with E-state index in [1.807, 2.05) is 6.92 Å². The lowest BCUT2D eigenvalue weighted by Crippen LogP contribution is -1.99. The van der Waals surface area contributed by atoms with Crippen LogP contribution in [0.2, 0.25) is 5.02 Å². The molecule has 0 saturated carbocycles. The molecule has 100 valence electrons. The van der Waals surface area contributed by atoms with Crippen LogP contribution in [0, 0.1) is 5.82 Å². The van der Waals surface area contributed by atoms with E-state index in [0.29, 0.717) is 29.5 Å². The number of para-hydroxylation sites is 1. The van der Waals surface area contributed by atoms with E-state index < -0.39 is 5.82 Å². The van der Waals surface area contributed by atoms with E-state index in [1.54, 1.807) is 18.2 Å². The molecule has 0 aliphatic carbocycles. The lowest BCUT2D eigenvalue weighted by Gasteiger charge is -2.12. The number of hydrogen-bond acceptors (Lipinski definition) is 3. The summed E-state index contributed by atoms with van der Waals surface area (Å²) in [5.41, 5.74) is 6.32. The highest BCUT2D eigenvalue weighted by atomic mass is 35.5. The molecule has 0 amide bonds. The number of rotatable bonds is 4. The third-order valence-corrected chi connectivity index (χ3v) is 2.73. The summed E-state index contributed by atoms with van der Waals surface area (Å²) in [6, 6.07) is 9.33. The molecule has 0 aromatic heterocycles. The van der Waals surface area contributed by atoms with Gasteiger partial charge in [0.15, 0.2) is 5.75 Å². The average Bonchev–Trinajstić information content (AvgIpc) is 2.39. The summed E-state index contributed by atoms with van der Waals surface area (Å²) >= 11 is 5.69. The number of halogens is 2. The Labute approximate surface area is 115 Å². The van der Waals surface area contributed by atoms with Gasteiger partial charge in [-0.3, -0.25) is 0 Å². The lowest BCUT2D eigenvalue weighted by molar-refractivity contribution is 0.340. The fourth-order valence-corrected chi connectivity index (χ4v) is 1.73. The van der Waals surface area contributed by atoms with E-state index in [-0.39, 0.29) is 5.02 Å². The molecule has 3 nitrogen and oxygen atoms in total. The molecule has 0 unspecified atom stereocenters. The molecule has 5 heteroatoms. The van der Waals surface area contributed by atoms with Crippen molar-refractivity contribution in [1.82, 2.24) is 0 Å². The van der Waals surface area contributed by atoms with Crippen molar-refractivity contribution in [2.24, 2.45) is 0 Å². The lowest BCUT2D eigenvalue weighted by atomic mass is 10.2. The minimum Gasteiger partial charge on any atom is -0.492 e. The van der Waals surface area contributed by atoms with Crippen LogP contribution in [0.3, 0.4) is 0 Å². The first-order valence-electron chi connectivity index (χ1n) is 5.76. The van der Waals surface area contributed by atoms with Gasteiger partial charge in [0.05, 0.1) is 11.6 Å². The second-order valence-electron chi connectivity index (χ2n) is 3.78. The van der Waals surface area contributed by atoms with Crippen LogP contribution in [-0.2, 0) is 0 Å². The third kappa shape index (κ3) is 3.09. The first-order valence-corrected chi connectivity index (χ1v) is 6.13. The molecule has 0 heterocycles. The first-order chi connectivity index (χ1) is 9.11. The van der Waals surface area contributed by atoms with Gasteiger partial charge < -0.3 is 15.2 Å². The topological polar surface area (TPSA) is 44.5 Å². The highest BCUT2D eigenvalue weighted by Crippen LogP contribution is 2.35. The Morgan fingerprint density at radius 3 is 2.63 bits per heavy atom. The number of anilines is 1. The van der Waals surface area contributed by atoms with Gasteiger partial charge in [0.25, 0.3) is 0 Å². The van der Waals surface area contributed by atoms with Crippen LogP contribution in [-0.4, -0.2) is 6.61 Å². The highest BCUT2D eigenvalue weighted by Gasteiger charge is 2.09. The van der Waals surface area contributed by atoms with Gasteiger partial charge in [-0.1, -0.05) is 17.7 Å². The largest absolute Gasteiger partial charge is 0.492 e. The van der Waals surface area contributed by atoms with Gasteiger partial charge in [0.2, 0.25) is 0 Å². The van der Waals surface area contributed by atoms with Crippen LogP contribution in [0.5, 0.6) is 17.2 Å². The number of ether oxygens (including phenoxy) is 2. The van der Waals surface area contributed by atoms with Gasteiger partial charge >= 0.3 is 0 Å². The van der Waals surface area contributed by atoms with Crippen LogP contribution < -0.4 is 15.2 Å². The summed E-state index contributed by atoms with van der Waals surface area (Å²) in [6.07, 6.45) is 0. The van der Waals surface area contributed by atoms with E-state index in [0.717, 1.165) is 0 Å². The van der Waals surface area contributed by atoms with Gasteiger partial charge in [-0.15, -0.1) is 0 Å². The van der Waals surface area contributed by atoms with Gasteiger partial charge in [-0.05, 0) is 31.2 Å². The third-order valence-electron chi connectivity index (χ3n) is 2.44. The maximum Gasteiger partial charge on any atom is 0.154 e. The summed E-state index contributed by atoms with van der Waals surface area (Å²) in [5.74, 6) is 0.902. The highest BCUT2D eigenvalue weighted by molar-refractivity contribution is 6.30. The monoisotopic (exact) mass is 281 g/mol. The standard InChI is InChI=1S/C14H13ClFNO2/c1-2-18-12-4-3-5-13(14(12)17)19-9-6-7-11(16)10(15)8-9/h3-8H,2,17H2,1H3. The molecule has 2 aromatic carbocycles. The smallest absolute Gasteiger partial charge is 0.154 e. The number of benzene rings is 2. The Kier molecular flexibility index (Phi) is 4.12. The van der Waals surface area contributed by atoms with Gasteiger partial charge in [0.1, 0.15) is 23.0 Å². The molecule has 2 rings (SSSR count). The number of hydrogen-bond donors (Lipinski definition) is 1. The summed E-state index contributed by atoms with van der Waals surface area (Å²) in [6.45, 7) is 2.38. The number of nitrogens with two attached hydrogens (primary N) is 1. The molecule has 2 N–H and O–H groups in total. The Bertz CT molecular complexity index is 590.